The fraction of sp³-hybridized carbons (Fsp3) is 0.596. The summed E-state index contributed by atoms with van der Waals surface area (Å²) in [7, 11) is -4.78. The van der Waals surface area contributed by atoms with E-state index in [0.29, 0.717) is 12.8 Å². The Labute approximate surface area is 386 Å². The molecule has 0 saturated heterocycles. The first kappa shape index (κ1) is 60.1. The van der Waals surface area contributed by atoms with Gasteiger partial charge in [-0.25, -0.2) is 9.36 Å². The Balaban J connectivity index is 3.99. The molecule has 0 saturated carbocycles. The molecule has 1 amide bonds. The number of carbonyl (C=O) groups is 3. The molecule has 3 atom stereocenters. The first-order chi connectivity index (χ1) is 31.1. The van der Waals surface area contributed by atoms with Crippen LogP contribution in [0.15, 0.2) is 109 Å². The lowest BCUT2D eigenvalue weighted by molar-refractivity contribution is -0.147. The molecule has 0 radical (unpaired) electrons. The van der Waals surface area contributed by atoms with Crippen LogP contribution in [0.2, 0.25) is 0 Å². The standard InChI is InChI=1S/C52H84NO10P/c1-3-5-7-9-11-13-15-17-19-21-23-24-26-27-29-31-33-35-37-39-41-43-50(55)53-49(52(57)58)47-63-64(59,60)62-46-48(54)45-61-51(56)44-42-40-38-36-34-32-30-28-25-22-20-18-16-14-12-10-8-6-4-2/h5,7,11-14,17-20,23-25,27-29,33,35,48-49,54H,3-4,6,8-10,15-16,21-22,26,30-32,34,36-47H2,1-2H3,(H,53,55)(H,57,58)(H,59,60)/b7-5-,13-11-,14-12-,19-17-,20-18-,24-23-,28-25-,29-27-,35-33-. The second-order valence-corrected chi connectivity index (χ2v) is 17.0. The van der Waals surface area contributed by atoms with Gasteiger partial charge in [0.05, 0.1) is 13.2 Å². The molecule has 0 aromatic heterocycles. The minimum Gasteiger partial charge on any atom is -0.480 e. The molecule has 0 spiro atoms. The molecule has 0 aliphatic heterocycles. The highest BCUT2D eigenvalue weighted by Gasteiger charge is 2.28. The summed E-state index contributed by atoms with van der Waals surface area (Å²) in [5.41, 5.74) is 0. The highest BCUT2D eigenvalue weighted by molar-refractivity contribution is 7.47. The van der Waals surface area contributed by atoms with Gasteiger partial charge < -0.3 is 25.2 Å². The first-order valence-corrected chi connectivity index (χ1v) is 25.4. The van der Waals surface area contributed by atoms with E-state index >= 15 is 0 Å². The topological polar surface area (TPSA) is 169 Å². The minimum absolute atomic E-state index is 0.0827. The Morgan fingerprint density at radius 1 is 0.516 bits per heavy atom. The van der Waals surface area contributed by atoms with Crippen LogP contribution in [-0.4, -0.2) is 64.9 Å². The fourth-order valence-electron chi connectivity index (χ4n) is 5.85. The molecule has 4 N–H and O–H groups in total. The van der Waals surface area contributed by atoms with Gasteiger partial charge in [0.1, 0.15) is 12.7 Å². The van der Waals surface area contributed by atoms with Crippen LogP contribution in [0.25, 0.3) is 0 Å². The number of amides is 1. The van der Waals surface area contributed by atoms with E-state index in [1.54, 1.807) is 0 Å². The number of carbonyl (C=O) groups excluding carboxylic acids is 2. The predicted molar refractivity (Wildman–Crippen MR) is 263 cm³/mol. The molecule has 0 bridgehead atoms. The molecule has 362 valence electrons. The van der Waals surface area contributed by atoms with Crippen molar-refractivity contribution in [2.45, 2.75) is 180 Å². The van der Waals surface area contributed by atoms with E-state index in [1.165, 1.54) is 25.7 Å². The second kappa shape index (κ2) is 45.7. The molecule has 0 rings (SSSR count). The number of nitrogens with one attached hydrogen (secondary N) is 1. The number of carboxylic acid groups (broad SMARTS) is 1. The lowest BCUT2D eigenvalue weighted by Crippen LogP contribution is -2.43. The van der Waals surface area contributed by atoms with Gasteiger partial charge in [-0.15, -0.1) is 0 Å². The van der Waals surface area contributed by atoms with E-state index in [-0.39, 0.29) is 12.8 Å². The number of aliphatic hydroxyl groups excluding tert-OH is 1. The van der Waals surface area contributed by atoms with E-state index in [0.717, 1.165) is 103 Å². The van der Waals surface area contributed by atoms with Gasteiger partial charge in [-0.1, -0.05) is 162 Å². The summed E-state index contributed by atoms with van der Waals surface area (Å²) < 4.78 is 26.9. The normalized spacial score (nSPS) is 14.6. The molecule has 64 heavy (non-hydrogen) atoms. The van der Waals surface area contributed by atoms with Crippen LogP contribution in [0.5, 0.6) is 0 Å². The van der Waals surface area contributed by atoms with Crippen LogP contribution in [-0.2, 0) is 32.7 Å². The smallest absolute Gasteiger partial charge is 0.472 e. The molecule has 12 heteroatoms. The average molecular weight is 914 g/mol. The maximum absolute atomic E-state index is 12.3. The molecule has 0 fully saturated rings. The van der Waals surface area contributed by atoms with Gasteiger partial charge in [0, 0.05) is 12.8 Å². The van der Waals surface area contributed by atoms with Crippen LogP contribution < -0.4 is 5.32 Å². The molecular formula is C52H84NO10P. The number of phosphoric acid groups is 1. The highest BCUT2D eigenvalue weighted by atomic mass is 31.2. The number of phosphoric ester groups is 1. The van der Waals surface area contributed by atoms with Crippen molar-refractivity contribution >= 4 is 25.7 Å². The van der Waals surface area contributed by atoms with Crippen molar-refractivity contribution < 1.29 is 47.8 Å². The van der Waals surface area contributed by atoms with E-state index < -0.39 is 57.6 Å². The van der Waals surface area contributed by atoms with E-state index in [1.807, 2.05) is 6.08 Å². The highest BCUT2D eigenvalue weighted by Crippen LogP contribution is 2.43. The first-order valence-electron chi connectivity index (χ1n) is 23.9. The predicted octanol–water partition coefficient (Wildman–Crippen LogP) is 13.0. The van der Waals surface area contributed by atoms with Gasteiger partial charge in [0.15, 0.2) is 6.04 Å². The number of rotatable bonds is 43. The van der Waals surface area contributed by atoms with Gasteiger partial charge in [-0.05, 0) is 103 Å². The van der Waals surface area contributed by atoms with Crippen molar-refractivity contribution in [3.8, 4) is 0 Å². The molecule has 11 nitrogen and oxygen atoms in total. The number of esters is 1. The Morgan fingerprint density at radius 2 is 0.906 bits per heavy atom. The van der Waals surface area contributed by atoms with Crippen LogP contribution in [0.3, 0.4) is 0 Å². The molecule has 0 aliphatic rings. The van der Waals surface area contributed by atoms with Crippen molar-refractivity contribution in [2.75, 3.05) is 19.8 Å². The third-order valence-electron chi connectivity index (χ3n) is 9.55. The van der Waals surface area contributed by atoms with Crippen molar-refractivity contribution in [3.63, 3.8) is 0 Å². The fourth-order valence-corrected chi connectivity index (χ4v) is 6.63. The zero-order chi connectivity index (χ0) is 47.0. The van der Waals surface area contributed by atoms with Gasteiger partial charge in [-0.2, -0.15) is 0 Å². The number of allylic oxidation sites excluding steroid dienone is 18. The summed E-state index contributed by atoms with van der Waals surface area (Å²) in [6.45, 7) is 2.40. The zero-order valence-electron chi connectivity index (χ0n) is 39.3. The Kier molecular flexibility index (Phi) is 42.9. The second-order valence-electron chi connectivity index (χ2n) is 15.6. The van der Waals surface area contributed by atoms with Gasteiger partial charge in [0.2, 0.25) is 5.91 Å². The van der Waals surface area contributed by atoms with Crippen molar-refractivity contribution in [2.24, 2.45) is 0 Å². The molecular weight excluding hydrogens is 830 g/mol. The van der Waals surface area contributed by atoms with Gasteiger partial charge in [0.25, 0.3) is 0 Å². The number of hydrogen-bond donors (Lipinski definition) is 4. The molecule has 0 aromatic rings. The minimum atomic E-state index is -4.78. The van der Waals surface area contributed by atoms with Gasteiger partial charge >= 0.3 is 19.8 Å². The van der Waals surface area contributed by atoms with Crippen LogP contribution in [0, 0.1) is 0 Å². The summed E-state index contributed by atoms with van der Waals surface area (Å²) in [6, 6.07) is -1.58. The summed E-state index contributed by atoms with van der Waals surface area (Å²) in [5, 5.41) is 21.9. The summed E-state index contributed by atoms with van der Waals surface area (Å²) in [4.78, 5) is 46.0. The van der Waals surface area contributed by atoms with Crippen LogP contribution in [0.4, 0.5) is 0 Å². The van der Waals surface area contributed by atoms with Gasteiger partial charge in [-0.3, -0.25) is 18.6 Å². The van der Waals surface area contributed by atoms with Crippen molar-refractivity contribution in [3.05, 3.63) is 109 Å². The lowest BCUT2D eigenvalue weighted by atomic mass is 10.1. The number of hydrogen-bond acceptors (Lipinski definition) is 8. The van der Waals surface area contributed by atoms with Crippen molar-refractivity contribution in [1.29, 1.82) is 0 Å². The van der Waals surface area contributed by atoms with E-state index in [2.05, 4.69) is 122 Å². The zero-order valence-corrected chi connectivity index (χ0v) is 40.2. The molecule has 0 heterocycles. The van der Waals surface area contributed by atoms with E-state index in [9.17, 15) is 34.1 Å². The Morgan fingerprint density at radius 3 is 1.38 bits per heavy atom. The monoisotopic (exact) mass is 914 g/mol. The average Bonchev–Trinajstić information content (AvgIpc) is 3.27. The summed E-state index contributed by atoms with van der Waals surface area (Å²) in [6.07, 6.45) is 59.6. The quantitative estimate of drug-likeness (QED) is 0.0200. The molecule has 0 aromatic carbocycles. The molecule has 3 unspecified atom stereocenters. The number of unbranched alkanes of at least 4 members (excludes halogenated alkanes) is 11. The molecule has 0 aliphatic carbocycles. The maximum atomic E-state index is 12.3. The SMILES string of the molecule is CC/C=C\C/C=C\C/C=C\C/C=C\C/C=C\C/C=C\CCCCC(=O)NC(COP(=O)(O)OCC(O)COC(=O)CCCCCCCC/C=C\C/C=C\C/C=C\CCCCC)C(=O)O. The lowest BCUT2D eigenvalue weighted by Gasteiger charge is -2.18. The number of ether oxygens (including phenoxy) is 1. The van der Waals surface area contributed by atoms with Crippen molar-refractivity contribution in [1.82, 2.24) is 5.32 Å². The Hall–Kier alpha value is -3.86. The van der Waals surface area contributed by atoms with Crippen LogP contribution >= 0.6 is 7.82 Å². The number of aliphatic hydroxyl groups is 1. The Bertz CT molecular complexity index is 1490. The maximum Gasteiger partial charge on any atom is 0.472 e. The largest absolute Gasteiger partial charge is 0.480 e. The third kappa shape index (κ3) is 44.7. The summed E-state index contributed by atoms with van der Waals surface area (Å²) in [5.74, 6) is -2.46. The third-order valence-corrected chi connectivity index (χ3v) is 10.5. The number of aliphatic carboxylic acids is 1. The summed E-state index contributed by atoms with van der Waals surface area (Å²) >= 11 is 0. The van der Waals surface area contributed by atoms with Crippen LogP contribution in [0.1, 0.15) is 168 Å². The van der Waals surface area contributed by atoms with E-state index in [4.69, 9.17) is 13.8 Å². The number of carboxylic acids is 1.